The summed E-state index contributed by atoms with van der Waals surface area (Å²) in [6.07, 6.45) is 2.40. The van der Waals surface area contributed by atoms with Crippen LogP contribution in [0.2, 0.25) is 0 Å². The van der Waals surface area contributed by atoms with Gasteiger partial charge in [0.2, 0.25) is 5.91 Å². The van der Waals surface area contributed by atoms with Gasteiger partial charge in [-0.25, -0.2) is 8.78 Å². The van der Waals surface area contributed by atoms with E-state index < -0.39 is 11.7 Å². The Hall–Kier alpha value is -2.80. The Bertz CT molecular complexity index is 974. The number of benzene rings is 2. The minimum absolute atomic E-state index is 0.280. The Kier molecular flexibility index (Phi) is 5.81. The summed E-state index contributed by atoms with van der Waals surface area (Å²) in [5, 5.41) is 2.65. The summed E-state index contributed by atoms with van der Waals surface area (Å²) >= 11 is 0. The first-order valence-electron chi connectivity index (χ1n) is 10.4. The van der Waals surface area contributed by atoms with Crippen molar-refractivity contribution >= 4 is 29.2 Å². The van der Waals surface area contributed by atoms with E-state index in [1.54, 1.807) is 24.3 Å². The van der Waals surface area contributed by atoms with Crippen LogP contribution in [0.25, 0.3) is 0 Å². The Morgan fingerprint density at radius 2 is 2.00 bits per heavy atom. The van der Waals surface area contributed by atoms with E-state index in [1.165, 1.54) is 18.3 Å². The van der Waals surface area contributed by atoms with Crippen molar-refractivity contribution in [1.29, 1.82) is 0 Å². The number of anilines is 2. The zero-order chi connectivity index (χ0) is 21.3. The standard InChI is InChI=1S/C23H26F2N4O/c1-3-28(4-2)16-10-11-29(14-16)21-9-8-15(12-19(21)25)26-13-17-22-18(24)6-5-7-20(22)27-23(17)30/h5-9,12-13,16-17H,3-4,10-11,14H2,1-2H3,(H,27,30). The highest BCUT2D eigenvalue weighted by molar-refractivity contribution is 6.12. The van der Waals surface area contributed by atoms with Gasteiger partial charge in [-0.2, -0.15) is 0 Å². The fraction of sp³-hybridized carbons (Fsp3) is 0.391. The minimum atomic E-state index is -0.822. The zero-order valence-corrected chi connectivity index (χ0v) is 17.2. The van der Waals surface area contributed by atoms with Crippen molar-refractivity contribution in [2.45, 2.75) is 32.2 Å². The van der Waals surface area contributed by atoms with Gasteiger partial charge in [0.1, 0.15) is 17.6 Å². The quantitative estimate of drug-likeness (QED) is 0.719. The lowest BCUT2D eigenvalue weighted by molar-refractivity contribution is -0.115. The zero-order valence-electron chi connectivity index (χ0n) is 17.2. The summed E-state index contributed by atoms with van der Waals surface area (Å²) in [6.45, 7) is 7.90. The topological polar surface area (TPSA) is 47.9 Å². The number of halogens is 2. The Morgan fingerprint density at radius 3 is 2.73 bits per heavy atom. The van der Waals surface area contributed by atoms with Crippen LogP contribution in [-0.4, -0.2) is 49.2 Å². The highest BCUT2D eigenvalue weighted by Gasteiger charge is 2.32. The van der Waals surface area contributed by atoms with Crippen molar-refractivity contribution in [2.24, 2.45) is 4.99 Å². The van der Waals surface area contributed by atoms with Crippen LogP contribution in [0.15, 0.2) is 41.4 Å². The van der Waals surface area contributed by atoms with Crippen LogP contribution in [0.1, 0.15) is 31.7 Å². The number of nitrogens with zero attached hydrogens (tertiary/aromatic N) is 3. The first kappa shape index (κ1) is 20.5. The van der Waals surface area contributed by atoms with Gasteiger partial charge in [-0.1, -0.05) is 19.9 Å². The van der Waals surface area contributed by atoms with Crippen LogP contribution in [-0.2, 0) is 4.79 Å². The van der Waals surface area contributed by atoms with Gasteiger partial charge in [0.15, 0.2) is 0 Å². The maximum Gasteiger partial charge on any atom is 0.237 e. The van der Waals surface area contributed by atoms with Crippen LogP contribution in [0.4, 0.5) is 25.8 Å². The largest absolute Gasteiger partial charge is 0.368 e. The Morgan fingerprint density at radius 1 is 1.20 bits per heavy atom. The molecule has 1 fully saturated rings. The number of nitrogens with one attached hydrogen (secondary N) is 1. The van der Waals surface area contributed by atoms with Gasteiger partial charge >= 0.3 is 0 Å². The van der Waals surface area contributed by atoms with Crippen LogP contribution >= 0.6 is 0 Å². The lowest BCUT2D eigenvalue weighted by Crippen LogP contribution is -2.37. The molecule has 0 spiro atoms. The predicted octanol–water partition coefficient (Wildman–Crippen LogP) is 4.32. The molecule has 1 amide bonds. The molecule has 0 aliphatic carbocycles. The molecule has 2 aliphatic heterocycles. The summed E-state index contributed by atoms with van der Waals surface area (Å²) in [4.78, 5) is 20.9. The molecule has 7 heteroatoms. The second kappa shape index (κ2) is 8.52. The number of likely N-dealkylation sites (N-methyl/N-ethyl adjacent to an activating group) is 1. The summed E-state index contributed by atoms with van der Waals surface area (Å²) in [5.41, 5.74) is 1.70. The van der Waals surface area contributed by atoms with Gasteiger partial charge in [-0.15, -0.1) is 0 Å². The second-order valence-electron chi connectivity index (χ2n) is 7.69. The number of aliphatic imine (C=N–C) groups is 1. The van der Waals surface area contributed by atoms with Gasteiger partial charge in [-0.3, -0.25) is 14.7 Å². The normalized spacial score (nSPS) is 21.0. The van der Waals surface area contributed by atoms with E-state index in [9.17, 15) is 13.6 Å². The van der Waals surface area contributed by atoms with Gasteiger partial charge in [0.05, 0.1) is 11.4 Å². The fourth-order valence-corrected chi connectivity index (χ4v) is 4.44. The molecule has 1 N–H and O–H groups in total. The lowest BCUT2D eigenvalue weighted by Gasteiger charge is -2.26. The molecule has 2 aromatic carbocycles. The van der Waals surface area contributed by atoms with Crippen molar-refractivity contribution in [3.05, 3.63) is 53.6 Å². The Balaban J connectivity index is 1.49. The predicted molar refractivity (Wildman–Crippen MR) is 116 cm³/mol. The SMILES string of the molecule is CCN(CC)C1CCN(c2ccc(N=CC3C(=O)Nc4cccc(F)c43)cc2F)C1. The third kappa shape index (κ3) is 3.81. The van der Waals surface area contributed by atoms with Gasteiger partial charge in [0, 0.05) is 42.7 Å². The summed E-state index contributed by atoms with van der Waals surface area (Å²) < 4.78 is 29.0. The number of amides is 1. The summed E-state index contributed by atoms with van der Waals surface area (Å²) in [7, 11) is 0. The van der Waals surface area contributed by atoms with Crippen LogP contribution in [0.3, 0.4) is 0 Å². The lowest BCUT2D eigenvalue weighted by atomic mass is 10.0. The highest BCUT2D eigenvalue weighted by atomic mass is 19.1. The molecule has 2 atom stereocenters. The molecule has 2 aliphatic rings. The molecule has 0 radical (unpaired) electrons. The van der Waals surface area contributed by atoms with Crippen molar-refractivity contribution in [1.82, 2.24) is 4.90 Å². The fourth-order valence-electron chi connectivity index (χ4n) is 4.44. The van der Waals surface area contributed by atoms with E-state index in [2.05, 4.69) is 34.0 Å². The average Bonchev–Trinajstić information content (AvgIpc) is 3.32. The van der Waals surface area contributed by atoms with Crippen molar-refractivity contribution < 1.29 is 13.6 Å². The van der Waals surface area contributed by atoms with E-state index in [1.807, 2.05) is 0 Å². The van der Waals surface area contributed by atoms with Crippen LogP contribution in [0, 0.1) is 11.6 Å². The van der Waals surface area contributed by atoms with E-state index in [4.69, 9.17) is 0 Å². The molecular weight excluding hydrogens is 386 g/mol. The summed E-state index contributed by atoms with van der Waals surface area (Å²) in [5.74, 6) is -1.96. The smallest absolute Gasteiger partial charge is 0.237 e. The average molecular weight is 412 g/mol. The molecule has 30 heavy (non-hydrogen) atoms. The third-order valence-electron chi connectivity index (χ3n) is 6.04. The number of hydrogen-bond donors (Lipinski definition) is 1. The van der Waals surface area contributed by atoms with Gasteiger partial charge in [0.25, 0.3) is 0 Å². The molecule has 2 heterocycles. The number of rotatable bonds is 6. The molecular formula is C23H26F2N4O. The molecule has 0 bridgehead atoms. The number of carbonyl (C=O) groups excluding carboxylic acids is 1. The summed E-state index contributed by atoms with van der Waals surface area (Å²) in [6, 6.07) is 9.78. The number of fused-ring (bicyclic) bond motifs is 1. The number of hydrogen-bond acceptors (Lipinski definition) is 4. The molecule has 4 rings (SSSR count). The first-order valence-corrected chi connectivity index (χ1v) is 10.4. The molecule has 158 valence electrons. The van der Waals surface area contributed by atoms with Crippen molar-refractivity contribution in [2.75, 3.05) is 36.4 Å². The molecule has 1 saturated heterocycles. The van der Waals surface area contributed by atoms with E-state index >= 15 is 0 Å². The van der Waals surface area contributed by atoms with E-state index in [0.717, 1.165) is 32.6 Å². The number of carbonyl (C=O) groups is 1. The monoisotopic (exact) mass is 412 g/mol. The van der Waals surface area contributed by atoms with Gasteiger partial charge < -0.3 is 10.2 Å². The van der Waals surface area contributed by atoms with E-state index in [-0.39, 0.29) is 17.3 Å². The maximum absolute atomic E-state index is 14.8. The Labute approximate surface area is 175 Å². The maximum atomic E-state index is 14.8. The third-order valence-corrected chi connectivity index (χ3v) is 6.04. The van der Waals surface area contributed by atoms with Gasteiger partial charge in [-0.05, 0) is 43.8 Å². The van der Waals surface area contributed by atoms with Crippen molar-refractivity contribution in [3.8, 4) is 0 Å². The van der Waals surface area contributed by atoms with Crippen molar-refractivity contribution in [3.63, 3.8) is 0 Å². The van der Waals surface area contributed by atoms with E-state index in [0.29, 0.717) is 23.1 Å². The molecule has 5 nitrogen and oxygen atoms in total. The molecule has 0 saturated carbocycles. The first-order chi connectivity index (χ1) is 14.5. The second-order valence-corrected chi connectivity index (χ2v) is 7.69. The minimum Gasteiger partial charge on any atom is -0.368 e. The highest BCUT2D eigenvalue weighted by Crippen LogP contribution is 2.34. The van der Waals surface area contributed by atoms with Crippen LogP contribution < -0.4 is 10.2 Å². The molecule has 2 unspecified atom stereocenters. The molecule has 2 aromatic rings. The van der Waals surface area contributed by atoms with Crippen LogP contribution in [0.5, 0.6) is 0 Å². The molecule has 0 aromatic heterocycles.